The van der Waals surface area contributed by atoms with Crippen LogP contribution < -0.4 is 0 Å². The first-order chi connectivity index (χ1) is 17.9. The van der Waals surface area contributed by atoms with Crippen molar-refractivity contribution in [1.82, 2.24) is 29.3 Å². The third-order valence-electron chi connectivity index (χ3n) is 6.90. The maximum atomic E-state index is 4.87. The molecule has 8 rings (SSSR count). The van der Waals surface area contributed by atoms with Crippen molar-refractivity contribution in [2.45, 2.75) is 0 Å². The predicted octanol–water partition coefficient (Wildman–Crippen LogP) is 6.61. The molecule has 5 heterocycles. The molecule has 6 nitrogen and oxygen atoms in total. The van der Waals surface area contributed by atoms with Crippen molar-refractivity contribution in [3.05, 3.63) is 109 Å². The minimum atomic E-state index is 0.804. The molecule has 6 heteroatoms. The second kappa shape index (κ2) is 7.20. The van der Waals surface area contributed by atoms with Gasteiger partial charge in [0.05, 0.1) is 27.5 Å². The van der Waals surface area contributed by atoms with E-state index in [0.29, 0.717) is 0 Å². The first kappa shape index (κ1) is 19.2. The van der Waals surface area contributed by atoms with Crippen molar-refractivity contribution in [2.24, 2.45) is 0 Å². The first-order valence-corrected chi connectivity index (χ1v) is 11.8. The average Bonchev–Trinajstić information content (AvgIpc) is 3.46. The lowest BCUT2D eigenvalue weighted by Crippen LogP contribution is -2.00. The lowest BCUT2D eigenvalue weighted by atomic mass is 10.1. The molecule has 0 aliphatic heterocycles. The van der Waals surface area contributed by atoms with E-state index in [0.717, 1.165) is 66.3 Å². The van der Waals surface area contributed by atoms with E-state index in [9.17, 15) is 0 Å². The number of fused-ring (bicyclic) bond motifs is 8. The summed E-state index contributed by atoms with van der Waals surface area (Å²) in [5.74, 6) is 0.804. The van der Waals surface area contributed by atoms with Gasteiger partial charge in [-0.15, -0.1) is 10.2 Å². The Bertz CT molecular complexity index is 2100. The van der Waals surface area contributed by atoms with Gasteiger partial charge in [-0.1, -0.05) is 54.6 Å². The second-order valence-corrected chi connectivity index (χ2v) is 8.88. The molecule has 5 aromatic heterocycles. The van der Waals surface area contributed by atoms with E-state index in [4.69, 9.17) is 15.2 Å². The summed E-state index contributed by atoms with van der Waals surface area (Å²) < 4.78 is 4.39. The van der Waals surface area contributed by atoms with Crippen molar-refractivity contribution in [1.29, 1.82) is 0 Å². The summed E-state index contributed by atoms with van der Waals surface area (Å²) in [7, 11) is 0. The summed E-state index contributed by atoms with van der Waals surface area (Å²) in [5.41, 5.74) is 6.75. The Hall–Kier alpha value is -5.10. The highest BCUT2D eigenvalue weighted by atomic mass is 15.2. The van der Waals surface area contributed by atoms with Crippen LogP contribution in [0.25, 0.3) is 66.3 Å². The molecule has 8 aromatic rings. The Morgan fingerprint density at radius 2 is 1.36 bits per heavy atom. The quantitative estimate of drug-likeness (QED) is 0.290. The van der Waals surface area contributed by atoms with Gasteiger partial charge in [0.1, 0.15) is 11.3 Å². The van der Waals surface area contributed by atoms with Crippen molar-refractivity contribution < 1.29 is 0 Å². The van der Waals surface area contributed by atoms with E-state index in [2.05, 4.69) is 68.7 Å². The maximum absolute atomic E-state index is 4.87. The Balaban J connectivity index is 1.61. The van der Waals surface area contributed by atoms with Gasteiger partial charge in [0, 0.05) is 40.3 Å². The first-order valence-electron chi connectivity index (χ1n) is 11.8. The number of pyridine rings is 2. The zero-order valence-corrected chi connectivity index (χ0v) is 19.1. The molecular formula is C30H18N6. The summed E-state index contributed by atoms with van der Waals surface area (Å²) in [4.78, 5) is 9.45. The SMILES string of the molecule is c1ccc(-n2c3ccccc3c3c2nnc2c4ccccc4n(-c4cc5ncccc5cn4)c23)cc1. The van der Waals surface area contributed by atoms with Gasteiger partial charge in [-0.05, 0) is 36.4 Å². The minimum Gasteiger partial charge on any atom is -0.292 e. The Kier molecular flexibility index (Phi) is 3.85. The van der Waals surface area contributed by atoms with Gasteiger partial charge in [0.15, 0.2) is 5.65 Å². The summed E-state index contributed by atoms with van der Waals surface area (Å²) in [6.07, 6.45) is 3.70. The van der Waals surface area contributed by atoms with E-state index in [-0.39, 0.29) is 0 Å². The molecule has 0 amide bonds. The van der Waals surface area contributed by atoms with E-state index in [1.165, 1.54) is 0 Å². The van der Waals surface area contributed by atoms with Crippen LogP contribution in [0.1, 0.15) is 0 Å². The van der Waals surface area contributed by atoms with Gasteiger partial charge in [-0.25, -0.2) is 4.98 Å². The molecule has 0 saturated carbocycles. The van der Waals surface area contributed by atoms with Crippen LogP contribution in [0.5, 0.6) is 0 Å². The van der Waals surface area contributed by atoms with Crippen LogP contribution in [-0.2, 0) is 0 Å². The molecule has 168 valence electrons. The van der Waals surface area contributed by atoms with Gasteiger partial charge >= 0.3 is 0 Å². The zero-order chi connectivity index (χ0) is 23.6. The molecule has 0 N–H and O–H groups in total. The molecule has 0 fully saturated rings. The van der Waals surface area contributed by atoms with Gasteiger partial charge in [0.25, 0.3) is 0 Å². The highest BCUT2D eigenvalue weighted by Gasteiger charge is 2.23. The van der Waals surface area contributed by atoms with Gasteiger partial charge < -0.3 is 0 Å². The number of para-hydroxylation sites is 3. The molecular weight excluding hydrogens is 444 g/mol. The van der Waals surface area contributed by atoms with E-state index in [1.54, 1.807) is 0 Å². The highest BCUT2D eigenvalue weighted by molar-refractivity contribution is 6.23. The number of aromatic nitrogens is 6. The standard InChI is InChI=1S/C30H18N6/c1-2-10-20(11-3-1)35-24-14-6-4-12-21(24)27-29-28(33-34-30(27)35)22-13-5-7-15-25(22)36(29)26-17-23-19(18-32-26)9-8-16-31-23/h1-18H. The Labute approximate surface area is 205 Å². The predicted molar refractivity (Wildman–Crippen MR) is 144 cm³/mol. The third-order valence-corrected chi connectivity index (χ3v) is 6.90. The lowest BCUT2D eigenvalue weighted by molar-refractivity contribution is 1.04. The molecule has 0 aliphatic rings. The normalized spacial score (nSPS) is 11.9. The number of nitrogens with zero attached hydrogens (tertiary/aromatic N) is 6. The molecule has 0 unspecified atom stereocenters. The van der Waals surface area contributed by atoms with Crippen LogP contribution in [0.2, 0.25) is 0 Å². The third kappa shape index (κ3) is 2.55. The number of hydrogen-bond donors (Lipinski definition) is 0. The smallest absolute Gasteiger partial charge is 0.170 e. The summed E-state index contributed by atoms with van der Waals surface area (Å²) in [5, 5.41) is 13.8. The molecule has 0 saturated heterocycles. The number of benzene rings is 3. The van der Waals surface area contributed by atoms with Crippen LogP contribution in [0.3, 0.4) is 0 Å². The van der Waals surface area contributed by atoms with Crippen molar-refractivity contribution >= 4 is 54.8 Å². The van der Waals surface area contributed by atoms with Crippen molar-refractivity contribution in [3.8, 4) is 11.5 Å². The van der Waals surface area contributed by atoms with Crippen LogP contribution in [0, 0.1) is 0 Å². The van der Waals surface area contributed by atoms with Gasteiger partial charge in [0.2, 0.25) is 0 Å². The fraction of sp³-hybridized carbons (Fsp3) is 0. The zero-order valence-electron chi connectivity index (χ0n) is 19.1. The van der Waals surface area contributed by atoms with E-state index < -0.39 is 0 Å². The molecule has 0 spiro atoms. The van der Waals surface area contributed by atoms with Crippen LogP contribution in [-0.4, -0.2) is 29.3 Å². The number of hydrogen-bond acceptors (Lipinski definition) is 4. The topological polar surface area (TPSA) is 61.4 Å². The minimum absolute atomic E-state index is 0.804. The summed E-state index contributed by atoms with van der Waals surface area (Å²) in [6.45, 7) is 0. The molecule has 0 bridgehead atoms. The maximum Gasteiger partial charge on any atom is 0.170 e. The van der Waals surface area contributed by atoms with Crippen molar-refractivity contribution in [3.63, 3.8) is 0 Å². The molecule has 3 aromatic carbocycles. The highest BCUT2D eigenvalue weighted by Crippen LogP contribution is 2.39. The van der Waals surface area contributed by atoms with Gasteiger partial charge in [-0.2, -0.15) is 0 Å². The van der Waals surface area contributed by atoms with Crippen LogP contribution >= 0.6 is 0 Å². The summed E-state index contributed by atoms with van der Waals surface area (Å²) >= 11 is 0. The average molecular weight is 463 g/mol. The lowest BCUT2D eigenvalue weighted by Gasteiger charge is -2.09. The van der Waals surface area contributed by atoms with Crippen LogP contribution in [0.4, 0.5) is 0 Å². The van der Waals surface area contributed by atoms with Gasteiger partial charge in [-0.3, -0.25) is 14.1 Å². The fourth-order valence-electron chi connectivity index (χ4n) is 5.36. The fourth-order valence-corrected chi connectivity index (χ4v) is 5.36. The Morgan fingerprint density at radius 3 is 2.22 bits per heavy atom. The molecule has 0 atom stereocenters. The Morgan fingerprint density at radius 1 is 0.611 bits per heavy atom. The van der Waals surface area contributed by atoms with Crippen LogP contribution in [0.15, 0.2) is 109 Å². The largest absolute Gasteiger partial charge is 0.292 e. The second-order valence-electron chi connectivity index (χ2n) is 8.88. The van der Waals surface area contributed by atoms with Crippen molar-refractivity contribution in [2.75, 3.05) is 0 Å². The monoisotopic (exact) mass is 462 g/mol. The molecule has 0 radical (unpaired) electrons. The number of rotatable bonds is 2. The molecule has 0 aliphatic carbocycles. The molecule has 36 heavy (non-hydrogen) atoms. The summed E-state index contributed by atoms with van der Waals surface area (Å²) in [6, 6.07) is 33.1. The van der Waals surface area contributed by atoms with E-state index >= 15 is 0 Å². The van der Waals surface area contributed by atoms with E-state index in [1.807, 2.05) is 54.9 Å².